The molecule has 20 heavy (non-hydrogen) atoms. The Morgan fingerprint density at radius 2 is 1.40 bits per heavy atom. The summed E-state index contributed by atoms with van der Waals surface area (Å²) < 4.78 is 1.01. The van der Waals surface area contributed by atoms with Crippen LogP contribution in [0.25, 0.3) is 0 Å². The van der Waals surface area contributed by atoms with E-state index in [2.05, 4.69) is 55.8 Å². The second-order valence-electron chi connectivity index (χ2n) is 5.64. The SMILES string of the molecule is Cc1cc(Br)cc(C(O)c2c(C)c(C)cc(C)c2C)c1. The van der Waals surface area contributed by atoms with Gasteiger partial charge in [-0.25, -0.2) is 0 Å². The third kappa shape index (κ3) is 2.82. The van der Waals surface area contributed by atoms with Gasteiger partial charge in [0, 0.05) is 4.47 Å². The molecule has 1 atom stereocenters. The summed E-state index contributed by atoms with van der Waals surface area (Å²) in [5.41, 5.74) is 7.94. The lowest BCUT2D eigenvalue weighted by Gasteiger charge is -2.21. The van der Waals surface area contributed by atoms with Gasteiger partial charge in [-0.1, -0.05) is 28.1 Å². The Kier molecular flexibility index (Phi) is 4.36. The van der Waals surface area contributed by atoms with Crippen molar-refractivity contribution in [3.63, 3.8) is 0 Å². The van der Waals surface area contributed by atoms with Crippen LogP contribution in [0.2, 0.25) is 0 Å². The summed E-state index contributed by atoms with van der Waals surface area (Å²) in [5, 5.41) is 10.8. The largest absolute Gasteiger partial charge is 0.384 e. The van der Waals surface area contributed by atoms with Crippen LogP contribution in [0.15, 0.2) is 28.7 Å². The Balaban J connectivity index is 2.61. The van der Waals surface area contributed by atoms with Crippen LogP contribution in [0.5, 0.6) is 0 Å². The average molecular weight is 333 g/mol. The average Bonchev–Trinajstić information content (AvgIpc) is 2.35. The Morgan fingerprint density at radius 1 is 0.850 bits per heavy atom. The fourth-order valence-corrected chi connectivity index (χ4v) is 3.37. The molecule has 1 unspecified atom stereocenters. The highest BCUT2D eigenvalue weighted by Gasteiger charge is 2.18. The quantitative estimate of drug-likeness (QED) is 0.813. The maximum Gasteiger partial charge on any atom is 0.105 e. The highest BCUT2D eigenvalue weighted by atomic mass is 79.9. The van der Waals surface area contributed by atoms with E-state index in [1.807, 2.05) is 19.1 Å². The molecule has 2 heteroatoms. The van der Waals surface area contributed by atoms with Gasteiger partial charge in [-0.05, 0) is 85.7 Å². The van der Waals surface area contributed by atoms with Gasteiger partial charge in [0.05, 0.1) is 0 Å². The van der Waals surface area contributed by atoms with Gasteiger partial charge in [0.15, 0.2) is 0 Å². The van der Waals surface area contributed by atoms with Gasteiger partial charge < -0.3 is 5.11 Å². The topological polar surface area (TPSA) is 20.2 Å². The predicted octanol–water partition coefficient (Wildman–Crippen LogP) is 5.07. The zero-order chi connectivity index (χ0) is 15.0. The Bertz CT molecular complexity index is 612. The number of rotatable bonds is 2. The van der Waals surface area contributed by atoms with E-state index in [0.717, 1.165) is 21.2 Å². The van der Waals surface area contributed by atoms with E-state index in [1.54, 1.807) is 0 Å². The molecule has 0 radical (unpaired) electrons. The zero-order valence-corrected chi connectivity index (χ0v) is 14.3. The van der Waals surface area contributed by atoms with E-state index in [9.17, 15) is 5.11 Å². The molecule has 0 saturated carbocycles. The minimum Gasteiger partial charge on any atom is -0.384 e. The number of hydrogen-bond donors (Lipinski definition) is 1. The van der Waals surface area contributed by atoms with Gasteiger partial charge in [0.2, 0.25) is 0 Å². The first-order valence-electron chi connectivity index (χ1n) is 6.83. The van der Waals surface area contributed by atoms with Crippen molar-refractivity contribution >= 4 is 15.9 Å². The summed E-state index contributed by atoms with van der Waals surface area (Å²) >= 11 is 3.51. The van der Waals surface area contributed by atoms with Gasteiger partial charge in [-0.15, -0.1) is 0 Å². The molecule has 0 amide bonds. The highest BCUT2D eigenvalue weighted by Crippen LogP contribution is 2.32. The van der Waals surface area contributed by atoms with Crippen LogP contribution in [0.4, 0.5) is 0 Å². The molecule has 2 rings (SSSR count). The molecular weight excluding hydrogens is 312 g/mol. The standard InChI is InChI=1S/C18H21BrO/c1-10-6-15(9-16(19)7-10)18(20)17-13(4)11(2)8-12(3)14(17)5/h6-9,18,20H,1-5H3. The minimum absolute atomic E-state index is 0.579. The number of aliphatic hydroxyl groups excluding tert-OH is 1. The number of hydrogen-bond acceptors (Lipinski definition) is 1. The Morgan fingerprint density at radius 3 is 1.90 bits per heavy atom. The van der Waals surface area contributed by atoms with Gasteiger partial charge in [0.25, 0.3) is 0 Å². The van der Waals surface area contributed by atoms with Crippen molar-refractivity contribution in [1.82, 2.24) is 0 Å². The van der Waals surface area contributed by atoms with E-state index in [-0.39, 0.29) is 0 Å². The van der Waals surface area contributed by atoms with Crippen molar-refractivity contribution in [1.29, 1.82) is 0 Å². The Labute approximate surface area is 129 Å². The van der Waals surface area contributed by atoms with Gasteiger partial charge >= 0.3 is 0 Å². The molecule has 106 valence electrons. The van der Waals surface area contributed by atoms with E-state index in [1.165, 1.54) is 22.3 Å². The van der Waals surface area contributed by atoms with Crippen LogP contribution in [0.1, 0.15) is 45.0 Å². The third-order valence-corrected chi connectivity index (χ3v) is 4.54. The fourth-order valence-electron chi connectivity index (χ4n) is 2.75. The van der Waals surface area contributed by atoms with Crippen LogP contribution >= 0.6 is 15.9 Å². The van der Waals surface area contributed by atoms with Crippen LogP contribution in [0, 0.1) is 34.6 Å². The number of aryl methyl sites for hydroxylation is 3. The van der Waals surface area contributed by atoms with Gasteiger partial charge in [0.1, 0.15) is 6.10 Å². The lowest BCUT2D eigenvalue weighted by molar-refractivity contribution is 0.218. The van der Waals surface area contributed by atoms with Crippen molar-refractivity contribution in [3.05, 3.63) is 67.7 Å². The highest BCUT2D eigenvalue weighted by molar-refractivity contribution is 9.10. The molecular formula is C18H21BrO. The summed E-state index contributed by atoms with van der Waals surface area (Å²) in [6.07, 6.45) is -0.579. The van der Waals surface area contributed by atoms with E-state index >= 15 is 0 Å². The van der Waals surface area contributed by atoms with Crippen LogP contribution in [-0.4, -0.2) is 5.11 Å². The summed E-state index contributed by atoms with van der Waals surface area (Å²) in [7, 11) is 0. The van der Waals surface area contributed by atoms with Gasteiger partial charge in [-0.3, -0.25) is 0 Å². The number of aliphatic hydroxyl groups is 1. The van der Waals surface area contributed by atoms with Crippen molar-refractivity contribution in [3.8, 4) is 0 Å². The normalized spacial score (nSPS) is 12.6. The van der Waals surface area contributed by atoms with E-state index in [0.29, 0.717) is 0 Å². The van der Waals surface area contributed by atoms with Crippen molar-refractivity contribution < 1.29 is 5.11 Å². The monoisotopic (exact) mass is 332 g/mol. The van der Waals surface area contributed by atoms with Crippen LogP contribution in [-0.2, 0) is 0 Å². The number of benzene rings is 2. The molecule has 2 aromatic carbocycles. The van der Waals surface area contributed by atoms with Crippen molar-refractivity contribution in [2.75, 3.05) is 0 Å². The van der Waals surface area contributed by atoms with Gasteiger partial charge in [-0.2, -0.15) is 0 Å². The molecule has 2 aromatic rings. The zero-order valence-electron chi connectivity index (χ0n) is 12.7. The molecule has 0 bridgehead atoms. The lowest BCUT2D eigenvalue weighted by Crippen LogP contribution is -2.07. The smallest absolute Gasteiger partial charge is 0.105 e. The van der Waals surface area contributed by atoms with Crippen LogP contribution in [0.3, 0.4) is 0 Å². The second-order valence-corrected chi connectivity index (χ2v) is 6.55. The summed E-state index contributed by atoms with van der Waals surface area (Å²) in [6, 6.07) is 8.28. The first-order chi connectivity index (χ1) is 9.31. The van der Waals surface area contributed by atoms with Crippen molar-refractivity contribution in [2.45, 2.75) is 40.7 Å². The predicted molar refractivity (Wildman–Crippen MR) is 88.3 cm³/mol. The first kappa shape index (κ1) is 15.3. The molecule has 0 saturated heterocycles. The molecule has 0 aliphatic carbocycles. The second kappa shape index (κ2) is 5.71. The summed E-state index contributed by atoms with van der Waals surface area (Å²) in [4.78, 5) is 0. The molecule has 1 N–H and O–H groups in total. The van der Waals surface area contributed by atoms with Crippen LogP contribution < -0.4 is 0 Å². The molecule has 0 spiro atoms. The summed E-state index contributed by atoms with van der Waals surface area (Å²) in [5.74, 6) is 0. The molecule has 1 nitrogen and oxygen atoms in total. The molecule has 0 heterocycles. The molecule has 0 aliphatic heterocycles. The maximum absolute atomic E-state index is 10.8. The minimum atomic E-state index is -0.579. The number of halogens is 1. The lowest BCUT2D eigenvalue weighted by atomic mass is 9.88. The third-order valence-electron chi connectivity index (χ3n) is 4.08. The van der Waals surface area contributed by atoms with Crippen molar-refractivity contribution in [2.24, 2.45) is 0 Å². The molecule has 0 fully saturated rings. The molecule has 0 aromatic heterocycles. The molecule has 0 aliphatic rings. The van der Waals surface area contributed by atoms with E-state index < -0.39 is 6.10 Å². The maximum atomic E-state index is 10.8. The van der Waals surface area contributed by atoms with E-state index in [4.69, 9.17) is 0 Å². The Hall–Kier alpha value is -1.12. The summed E-state index contributed by atoms with van der Waals surface area (Å²) in [6.45, 7) is 10.4. The fraction of sp³-hybridized carbons (Fsp3) is 0.333. The first-order valence-corrected chi connectivity index (χ1v) is 7.63.